The molecule has 1 aliphatic heterocycles. The molecule has 1 aromatic rings. The van der Waals surface area contributed by atoms with E-state index < -0.39 is 0 Å². The number of nitrogens with one attached hydrogen (secondary N) is 1. The summed E-state index contributed by atoms with van der Waals surface area (Å²) in [4.78, 5) is 16.6. The molecule has 23 heavy (non-hydrogen) atoms. The van der Waals surface area contributed by atoms with Gasteiger partial charge in [0.2, 0.25) is 5.91 Å². The molecule has 4 heteroatoms. The van der Waals surface area contributed by atoms with E-state index in [1.165, 1.54) is 24.1 Å². The van der Waals surface area contributed by atoms with Crippen molar-refractivity contribution >= 4 is 11.6 Å². The van der Waals surface area contributed by atoms with Crippen molar-refractivity contribution in [3.8, 4) is 0 Å². The average Bonchev–Trinajstić information content (AvgIpc) is 3.01. The number of hydrogen-bond acceptors (Lipinski definition) is 3. The number of anilines is 1. The van der Waals surface area contributed by atoms with Crippen LogP contribution in [-0.2, 0) is 4.79 Å². The fourth-order valence-electron chi connectivity index (χ4n) is 3.16. The van der Waals surface area contributed by atoms with Gasteiger partial charge < -0.3 is 10.2 Å². The quantitative estimate of drug-likeness (QED) is 0.839. The Labute approximate surface area is 140 Å². The molecule has 0 bridgehead atoms. The maximum Gasteiger partial charge on any atom is 0.220 e. The van der Waals surface area contributed by atoms with Gasteiger partial charge in [-0.3, -0.25) is 9.69 Å². The van der Waals surface area contributed by atoms with Crippen molar-refractivity contribution in [2.45, 2.75) is 39.2 Å². The van der Waals surface area contributed by atoms with E-state index in [4.69, 9.17) is 0 Å². The van der Waals surface area contributed by atoms with Gasteiger partial charge in [-0.05, 0) is 49.5 Å². The second-order valence-corrected chi connectivity index (χ2v) is 7.15. The van der Waals surface area contributed by atoms with Crippen molar-refractivity contribution in [2.24, 2.45) is 5.92 Å². The predicted molar refractivity (Wildman–Crippen MR) is 96.8 cm³/mol. The largest absolute Gasteiger partial charge is 0.378 e. The van der Waals surface area contributed by atoms with Gasteiger partial charge in [0, 0.05) is 32.7 Å². The molecule has 1 aromatic carbocycles. The predicted octanol–water partition coefficient (Wildman–Crippen LogP) is 3.05. The standard InChI is InChI=1S/C19H31N3O/c1-15(2)13-19(23)20-14-18(22-11-5-6-12-22)16-7-9-17(10-8-16)21(3)4/h7-10,15,18H,5-6,11-14H2,1-4H3,(H,20,23)/t18-/m1/s1. The first-order valence-corrected chi connectivity index (χ1v) is 8.75. The topological polar surface area (TPSA) is 35.6 Å². The monoisotopic (exact) mass is 317 g/mol. The van der Waals surface area contributed by atoms with Gasteiger partial charge in [0.1, 0.15) is 0 Å². The summed E-state index contributed by atoms with van der Waals surface area (Å²) < 4.78 is 0. The van der Waals surface area contributed by atoms with Gasteiger partial charge in [-0.15, -0.1) is 0 Å². The zero-order chi connectivity index (χ0) is 16.8. The molecule has 0 aliphatic carbocycles. The van der Waals surface area contributed by atoms with Crippen LogP contribution in [0.15, 0.2) is 24.3 Å². The molecule has 1 amide bonds. The van der Waals surface area contributed by atoms with Crippen molar-refractivity contribution in [2.75, 3.05) is 38.6 Å². The Balaban J connectivity index is 2.06. The van der Waals surface area contributed by atoms with Crippen LogP contribution in [-0.4, -0.2) is 44.5 Å². The van der Waals surface area contributed by atoms with Crippen molar-refractivity contribution in [1.29, 1.82) is 0 Å². The van der Waals surface area contributed by atoms with Crippen LogP contribution in [0.2, 0.25) is 0 Å². The summed E-state index contributed by atoms with van der Waals surface area (Å²) in [5, 5.41) is 3.14. The molecule has 0 unspecified atom stereocenters. The van der Waals surface area contributed by atoms with Crippen LogP contribution in [0.3, 0.4) is 0 Å². The lowest BCUT2D eigenvalue weighted by Crippen LogP contribution is -2.37. The van der Waals surface area contributed by atoms with Crippen LogP contribution in [0.1, 0.15) is 44.7 Å². The highest BCUT2D eigenvalue weighted by molar-refractivity contribution is 5.76. The lowest BCUT2D eigenvalue weighted by Gasteiger charge is -2.28. The fraction of sp³-hybridized carbons (Fsp3) is 0.632. The number of carbonyl (C=O) groups is 1. The molecule has 1 saturated heterocycles. The molecule has 0 aromatic heterocycles. The molecule has 1 heterocycles. The molecule has 0 spiro atoms. The summed E-state index contributed by atoms with van der Waals surface area (Å²) in [6.07, 6.45) is 3.12. The number of nitrogens with zero attached hydrogens (tertiary/aromatic N) is 2. The number of hydrogen-bond donors (Lipinski definition) is 1. The van der Waals surface area contributed by atoms with Crippen LogP contribution in [0, 0.1) is 5.92 Å². The minimum absolute atomic E-state index is 0.161. The fourth-order valence-corrected chi connectivity index (χ4v) is 3.16. The van der Waals surface area contributed by atoms with E-state index in [1.54, 1.807) is 0 Å². The van der Waals surface area contributed by atoms with Gasteiger partial charge in [0.15, 0.2) is 0 Å². The summed E-state index contributed by atoms with van der Waals surface area (Å²) in [5.41, 5.74) is 2.50. The highest BCUT2D eigenvalue weighted by Crippen LogP contribution is 2.26. The summed E-state index contributed by atoms with van der Waals surface area (Å²) in [7, 11) is 4.11. The van der Waals surface area contributed by atoms with Crippen LogP contribution in [0.4, 0.5) is 5.69 Å². The summed E-state index contributed by atoms with van der Waals surface area (Å²) in [5.74, 6) is 0.564. The van der Waals surface area contributed by atoms with Crippen LogP contribution in [0.5, 0.6) is 0 Å². The van der Waals surface area contributed by atoms with Gasteiger partial charge in [-0.25, -0.2) is 0 Å². The first-order chi connectivity index (χ1) is 11.0. The Morgan fingerprint density at radius 3 is 2.30 bits per heavy atom. The lowest BCUT2D eigenvalue weighted by molar-refractivity contribution is -0.122. The summed E-state index contributed by atoms with van der Waals surface area (Å²) in [6, 6.07) is 9.01. The van der Waals surface area contributed by atoms with Gasteiger partial charge in [-0.2, -0.15) is 0 Å². The highest BCUT2D eigenvalue weighted by Gasteiger charge is 2.24. The Morgan fingerprint density at radius 1 is 1.17 bits per heavy atom. The normalized spacial score (nSPS) is 16.6. The Bertz CT molecular complexity index is 490. The molecule has 1 fully saturated rings. The number of carbonyl (C=O) groups excluding carboxylic acids is 1. The molecule has 2 rings (SSSR count). The molecular formula is C19H31N3O. The van der Waals surface area contributed by atoms with Crippen molar-refractivity contribution < 1.29 is 4.79 Å². The number of likely N-dealkylation sites (tertiary alicyclic amines) is 1. The van der Waals surface area contributed by atoms with E-state index in [0.717, 1.165) is 13.1 Å². The smallest absolute Gasteiger partial charge is 0.220 e. The summed E-state index contributed by atoms with van der Waals surface area (Å²) >= 11 is 0. The molecule has 4 nitrogen and oxygen atoms in total. The molecular weight excluding hydrogens is 286 g/mol. The van der Waals surface area contributed by atoms with Crippen molar-refractivity contribution in [3.05, 3.63) is 29.8 Å². The third kappa shape index (κ3) is 5.24. The molecule has 128 valence electrons. The first kappa shape index (κ1) is 17.8. The van der Waals surface area contributed by atoms with E-state index in [1.807, 2.05) is 0 Å². The zero-order valence-corrected chi connectivity index (χ0v) is 15.0. The van der Waals surface area contributed by atoms with Gasteiger partial charge in [0.05, 0.1) is 6.04 Å². The van der Waals surface area contributed by atoms with E-state index in [0.29, 0.717) is 18.9 Å². The van der Waals surface area contributed by atoms with Crippen molar-refractivity contribution in [1.82, 2.24) is 10.2 Å². The maximum atomic E-state index is 12.0. The van der Waals surface area contributed by atoms with E-state index in [9.17, 15) is 4.79 Å². The van der Waals surface area contributed by atoms with E-state index in [2.05, 4.69) is 67.3 Å². The van der Waals surface area contributed by atoms with E-state index in [-0.39, 0.29) is 11.9 Å². The molecule has 1 N–H and O–H groups in total. The second-order valence-electron chi connectivity index (χ2n) is 7.15. The van der Waals surface area contributed by atoms with Gasteiger partial charge >= 0.3 is 0 Å². The molecule has 0 radical (unpaired) electrons. The molecule has 0 saturated carbocycles. The number of rotatable bonds is 7. The first-order valence-electron chi connectivity index (χ1n) is 8.75. The molecule has 1 atom stereocenters. The second kappa shape index (κ2) is 8.34. The van der Waals surface area contributed by atoms with Crippen LogP contribution < -0.4 is 10.2 Å². The Kier molecular flexibility index (Phi) is 6.46. The van der Waals surface area contributed by atoms with Gasteiger partial charge in [0.25, 0.3) is 0 Å². The van der Waals surface area contributed by atoms with E-state index >= 15 is 0 Å². The minimum Gasteiger partial charge on any atom is -0.378 e. The molecule has 1 aliphatic rings. The Morgan fingerprint density at radius 2 is 1.78 bits per heavy atom. The lowest BCUT2D eigenvalue weighted by atomic mass is 10.0. The SMILES string of the molecule is CC(C)CC(=O)NC[C@H](c1ccc(N(C)C)cc1)N1CCCC1. The average molecular weight is 317 g/mol. The number of benzene rings is 1. The van der Waals surface area contributed by atoms with Gasteiger partial charge in [-0.1, -0.05) is 26.0 Å². The minimum atomic E-state index is 0.161. The third-order valence-corrected chi connectivity index (χ3v) is 4.46. The summed E-state index contributed by atoms with van der Waals surface area (Å²) in [6.45, 7) is 7.11. The number of amides is 1. The van der Waals surface area contributed by atoms with Crippen molar-refractivity contribution in [3.63, 3.8) is 0 Å². The van der Waals surface area contributed by atoms with Crippen LogP contribution >= 0.6 is 0 Å². The maximum absolute atomic E-state index is 12.0. The zero-order valence-electron chi connectivity index (χ0n) is 15.0. The Hall–Kier alpha value is -1.55. The third-order valence-electron chi connectivity index (χ3n) is 4.46. The highest BCUT2D eigenvalue weighted by atomic mass is 16.1. The van der Waals surface area contributed by atoms with Crippen LogP contribution in [0.25, 0.3) is 0 Å².